The second-order valence-electron chi connectivity index (χ2n) is 6.34. The van der Waals surface area contributed by atoms with Crippen LogP contribution in [0.15, 0.2) is 46.8 Å². The highest BCUT2D eigenvalue weighted by atomic mass is 32.1. The SMILES string of the molecule is Cc1ccc(N=c2scc(C)n2Cc2ccc3c(c2)OCO3)c(C)c1. The molecule has 3 aromatic rings. The molecule has 128 valence electrons. The van der Waals surface area contributed by atoms with Gasteiger partial charge in [-0.25, -0.2) is 4.99 Å². The zero-order valence-electron chi connectivity index (χ0n) is 14.6. The van der Waals surface area contributed by atoms with Crippen molar-refractivity contribution in [1.82, 2.24) is 4.57 Å². The van der Waals surface area contributed by atoms with Crippen LogP contribution in [0.3, 0.4) is 0 Å². The maximum absolute atomic E-state index is 5.49. The third-order valence-electron chi connectivity index (χ3n) is 4.34. The summed E-state index contributed by atoms with van der Waals surface area (Å²) in [6.45, 7) is 7.39. The predicted molar refractivity (Wildman–Crippen MR) is 99.9 cm³/mol. The number of aromatic nitrogens is 1. The number of rotatable bonds is 3. The molecular weight excluding hydrogens is 332 g/mol. The molecule has 2 aromatic carbocycles. The average Bonchev–Trinajstić information content (AvgIpc) is 3.18. The second-order valence-corrected chi connectivity index (χ2v) is 7.17. The van der Waals surface area contributed by atoms with Gasteiger partial charge in [-0.15, -0.1) is 11.3 Å². The molecule has 0 aliphatic carbocycles. The minimum Gasteiger partial charge on any atom is -0.454 e. The lowest BCUT2D eigenvalue weighted by atomic mass is 10.1. The molecule has 1 aromatic heterocycles. The quantitative estimate of drug-likeness (QED) is 0.696. The van der Waals surface area contributed by atoms with E-state index in [-0.39, 0.29) is 0 Å². The summed E-state index contributed by atoms with van der Waals surface area (Å²) in [5.74, 6) is 1.63. The number of hydrogen-bond acceptors (Lipinski definition) is 4. The van der Waals surface area contributed by atoms with E-state index in [1.54, 1.807) is 11.3 Å². The minimum absolute atomic E-state index is 0.302. The van der Waals surface area contributed by atoms with E-state index in [2.05, 4.69) is 55.0 Å². The fourth-order valence-corrected chi connectivity index (χ4v) is 3.84. The van der Waals surface area contributed by atoms with Gasteiger partial charge in [0.25, 0.3) is 0 Å². The van der Waals surface area contributed by atoms with Crippen molar-refractivity contribution in [2.24, 2.45) is 4.99 Å². The van der Waals surface area contributed by atoms with Gasteiger partial charge in [-0.3, -0.25) is 0 Å². The Morgan fingerprint density at radius 3 is 2.72 bits per heavy atom. The molecule has 1 aliphatic rings. The standard InChI is InChI=1S/C20H20N2O2S/c1-13-4-6-17(14(2)8-13)21-20-22(15(3)11-25-20)10-16-5-7-18-19(9-16)24-12-23-18/h4-9,11H,10,12H2,1-3H3. The Balaban J connectivity index is 1.71. The maximum atomic E-state index is 5.49. The normalized spacial score (nSPS) is 13.5. The molecule has 0 fully saturated rings. The largest absolute Gasteiger partial charge is 0.454 e. The molecule has 0 N–H and O–H groups in total. The topological polar surface area (TPSA) is 35.8 Å². The Morgan fingerprint density at radius 1 is 1.04 bits per heavy atom. The first-order valence-corrected chi connectivity index (χ1v) is 9.13. The highest BCUT2D eigenvalue weighted by Crippen LogP contribution is 2.32. The Labute approximate surface area is 151 Å². The van der Waals surface area contributed by atoms with E-state index in [9.17, 15) is 0 Å². The summed E-state index contributed by atoms with van der Waals surface area (Å²) in [6, 6.07) is 12.5. The monoisotopic (exact) mass is 352 g/mol. The molecule has 4 rings (SSSR count). The number of ether oxygens (including phenoxy) is 2. The Morgan fingerprint density at radius 2 is 1.88 bits per heavy atom. The third kappa shape index (κ3) is 3.20. The van der Waals surface area contributed by atoms with Crippen LogP contribution in [-0.2, 0) is 6.54 Å². The lowest BCUT2D eigenvalue weighted by molar-refractivity contribution is 0.174. The van der Waals surface area contributed by atoms with E-state index >= 15 is 0 Å². The van der Waals surface area contributed by atoms with E-state index in [4.69, 9.17) is 14.5 Å². The van der Waals surface area contributed by atoms with Crippen LogP contribution in [0.1, 0.15) is 22.4 Å². The van der Waals surface area contributed by atoms with E-state index in [0.29, 0.717) is 6.79 Å². The number of fused-ring (bicyclic) bond motifs is 1. The molecular formula is C20H20N2O2S. The summed E-state index contributed by atoms with van der Waals surface area (Å²) in [5, 5.41) is 2.15. The molecule has 0 atom stereocenters. The van der Waals surface area contributed by atoms with Crippen molar-refractivity contribution in [3.05, 3.63) is 69.0 Å². The number of aryl methyl sites for hydroxylation is 3. The van der Waals surface area contributed by atoms with Crippen LogP contribution in [0.25, 0.3) is 0 Å². The highest BCUT2D eigenvalue weighted by Gasteiger charge is 2.14. The van der Waals surface area contributed by atoms with Gasteiger partial charge < -0.3 is 14.0 Å². The van der Waals surface area contributed by atoms with Crippen LogP contribution in [0.4, 0.5) is 5.69 Å². The van der Waals surface area contributed by atoms with Crippen LogP contribution in [0.2, 0.25) is 0 Å². The van der Waals surface area contributed by atoms with E-state index in [0.717, 1.165) is 28.5 Å². The molecule has 0 spiro atoms. The molecule has 4 nitrogen and oxygen atoms in total. The summed E-state index contributed by atoms with van der Waals surface area (Å²) < 4.78 is 13.1. The van der Waals surface area contributed by atoms with E-state index in [1.165, 1.54) is 22.4 Å². The van der Waals surface area contributed by atoms with Crippen LogP contribution < -0.4 is 14.3 Å². The number of hydrogen-bond donors (Lipinski definition) is 0. The Hall–Kier alpha value is -2.53. The molecule has 0 radical (unpaired) electrons. The zero-order valence-corrected chi connectivity index (χ0v) is 15.4. The maximum Gasteiger partial charge on any atom is 0.231 e. The molecule has 0 bridgehead atoms. The van der Waals surface area contributed by atoms with Crippen molar-refractivity contribution in [2.75, 3.05) is 6.79 Å². The number of benzene rings is 2. The summed E-state index contributed by atoms with van der Waals surface area (Å²) >= 11 is 1.67. The van der Waals surface area contributed by atoms with E-state index < -0.39 is 0 Å². The number of nitrogens with zero attached hydrogens (tertiary/aromatic N) is 2. The van der Waals surface area contributed by atoms with Gasteiger partial charge in [-0.2, -0.15) is 0 Å². The lowest BCUT2D eigenvalue weighted by Crippen LogP contribution is -2.16. The molecule has 25 heavy (non-hydrogen) atoms. The molecule has 0 amide bonds. The smallest absolute Gasteiger partial charge is 0.231 e. The van der Waals surface area contributed by atoms with Crippen LogP contribution >= 0.6 is 11.3 Å². The van der Waals surface area contributed by atoms with Crippen LogP contribution in [0.5, 0.6) is 11.5 Å². The minimum atomic E-state index is 0.302. The molecule has 0 saturated carbocycles. The first kappa shape index (κ1) is 16.0. The van der Waals surface area contributed by atoms with Crippen molar-refractivity contribution in [3.63, 3.8) is 0 Å². The van der Waals surface area contributed by atoms with Gasteiger partial charge in [-0.05, 0) is 50.1 Å². The lowest BCUT2D eigenvalue weighted by Gasteiger charge is -2.08. The summed E-state index contributed by atoms with van der Waals surface area (Å²) in [5.41, 5.74) is 5.85. The molecule has 0 saturated heterocycles. The van der Waals surface area contributed by atoms with Crippen molar-refractivity contribution in [1.29, 1.82) is 0 Å². The Bertz CT molecular complexity index is 1000. The van der Waals surface area contributed by atoms with Gasteiger partial charge in [-0.1, -0.05) is 23.8 Å². The third-order valence-corrected chi connectivity index (χ3v) is 5.32. The van der Waals surface area contributed by atoms with Gasteiger partial charge in [0.15, 0.2) is 16.3 Å². The van der Waals surface area contributed by atoms with E-state index in [1.807, 2.05) is 12.1 Å². The second kappa shape index (κ2) is 6.41. The number of thiazole rings is 1. The summed E-state index contributed by atoms with van der Waals surface area (Å²) in [6.07, 6.45) is 0. The highest BCUT2D eigenvalue weighted by molar-refractivity contribution is 7.07. The average molecular weight is 352 g/mol. The van der Waals surface area contributed by atoms with Gasteiger partial charge in [0.05, 0.1) is 12.2 Å². The van der Waals surface area contributed by atoms with Crippen LogP contribution in [0, 0.1) is 20.8 Å². The molecule has 2 heterocycles. The molecule has 5 heteroatoms. The summed E-state index contributed by atoms with van der Waals surface area (Å²) in [7, 11) is 0. The van der Waals surface area contributed by atoms with Crippen molar-refractivity contribution < 1.29 is 9.47 Å². The van der Waals surface area contributed by atoms with Crippen molar-refractivity contribution >= 4 is 17.0 Å². The van der Waals surface area contributed by atoms with Crippen molar-refractivity contribution in [3.8, 4) is 11.5 Å². The fourth-order valence-electron chi connectivity index (χ4n) is 2.95. The van der Waals surface area contributed by atoms with Gasteiger partial charge in [0.2, 0.25) is 6.79 Å². The predicted octanol–water partition coefficient (Wildman–Crippen LogP) is 4.48. The summed E-state index contributed by atoms with van der Waals surface area (Å²) in [4.78, 5) is 5.90. The van der Waals surface area contributed by atoms with Gasteiger partial charge in [0, 0.05) is 11.1 Å². The zero-order chi connectivity index (χ0) is 17.4. The first-order chi connectivity index (χ1) is 12.1. The van der Waals surface area contributed by atoms with Gasteiger partial charge >= 0.3 is 0 Å². The van der Waals surface area contributed by atoms with Crippen LogP contribution in [-0.4, -0.2) is 11.4 Å². The first-order valence-electron chi connectivity index (χ1n) is 8.25. The van der Waals surface area contributed by atoms with Crippen molar-refractivity contribution in [2.45, 2.75) is 27.3 Å². The molecule has 1 aliphatic heterocycles. The fraction of sp³-hybridized carbons (Fsp3) is 0.250. The van der Waals surface area contributed by atoms with Gasteiger partial charge in [0.1, 0.15) is 0 Å². The Kier molecular flexibility index (Phi) is 4.09. The molecule has 0 unspecified atom stereocenters.